The lowest BCUT2D eigenvalue weighted by molar-refractivity contribution is -0.140. The Morgan fingerprint density at radius 2 is 2.20 bits per heavy atom. The number of hydrogen-bond acceptors (Lipinski definition) is 3. The van der Waals surface area contributed by atoms with Crippen molar-refractivity contribution in [3.05, 3.63) is 30.1 Å². The third-order valence-corrected chi connectivity index (χ3v) is 3.27. The first kappa shape index (κ1) is 16.7. The Morgan fingerprint density at radius 3 is 2.85 bits per heavy atom. The summed E-state index contributed by atoms with van der Waals surface area (Å²) in [7, 11) is 0. The largest absolute Gasteiger partial charge is 0.478 e. The molecular weight excluding hydrogens is 283 g/mol. The molecule has 0 spiro atoms. The summed E-state index contributed by atoms with van der Waals surface area (Å²) in [5, 5.41) is 3.22. The zero-order valence-corrected chi connectivity index (χ0v) is 12.5. The molecule has 1 N–H and O–H groups in total. The molecule has 0 aromatic heterocycles. The highest BCUT2D eigenvalue weighted by Gasteiger charge is 2.28. The lowest BCUT2D eigenvalue weighted by Gasteiger charge is -2.35. The van der Waals surface area contributed by atoms with Gasteiger partial charge in [-0.25, -0.2) is 4.39 Å². The summed E-state index contributed by atoms with van der Waals surface area (Å²) in [6.45, 7) is 5.86. The maximum absolute atomic E-state index is 13.5. The minimum Gasteiger partial charge on any atom is -0.478 e. The molecule has 1 aliphatic rings. The van der Waals surface area contributed by atoms with Crippen molar-refractivity contribution in [2.75, 3.05) is 19.6 Å². The summed E-state index contributed by atoms with van der Waals surface area (Å²) >= 11 is 0. The van der Waals surface area contributed by atoms with Crippen molar-refractivity contribution in [3.63, 3.8) is 0 Å². The number of rotatable bonds is 3. The number of piperazine rings is 1. The minimum atomic E-state index is -0.683. The van der Waals surface area contributed by atoms with E-state index in [-0.39, 0.29) is 30.1 Å². The lowest BCUT2D eigenvalue weighted by atomic mass is 10.2. The second-order valence-electron chi connectivity index (χ2n) is 4.78. The summed E-state index contributed by atoms with van der Waals surface area (Å²) in [6, 6.07) is 6.25. The van der Waals surface area contributed by atoms with Crippen LogP contribution in [0.5, 0.6) is 5.75 Å². The molecule has 4 nitrogen and oxygen atoms in total. The van der Waals surface area contributed by atoms with Gasteiger partial charge in [-0.1, -0.05) is 12.1 Å². The van der Waals surface area contributed by atoms with Gasteiger partial charge in [-0.2, -0.15) is 0 Å². The minimum absolute atomic E-state index is 0. The number of benzene rings is 1. The molecule has 112 valence electrons. The van der Waals surface area contributed by atoms with Gasteiger partial charge in [0.1, 0.15) is 0 Å². The van der Waals surface area contributed by atoms with E-state index in [9.17, 15) is 9.18 Å². The molecule has 1 saturated heterocycles. The number of halogens is 2. The van der Waals surface area contributed by atoms with Gasteiger partial charge in [-0.15, -0.1) is 12.4 Å². The van der Waals surface area contributed by atoms with Gasteiger partial charge in [0.2, 0.25) is 0 Å². The van der Waals surface area contributed by atoms with Gasteiger partial charge in [-0.3, -0.25) is 4.79 Å². The number of ether oxygens (including phenoxy) is 1. The molecule has 20 heavy (non-hydrogen) atoms. The second kappa shape index (κ2) is 7.45. The SMILES string of the molecule is CC(Oc1ccccc1F)C(=O)N1CCNC[C@@H]1C.Cl. The molecule has 0 aliphatic carbocycles. The summed E-state index contributed by atoms with van der Waals surface area (Å²) in [4.78, 5) is 14.1. The lowest BCUT2D eigenvalue weighted by Crippen LogP contribution is -2.55. The van der Waals surface area contributed by atoms with Crippen LogP contribution in [0.25, 0.3) is 0 Å². The van der Waals surface area contributed by atoms with Crippen LogP contribution in [-0.4, -0.2) is 42.6 Å². The number of para-hydroxylation sites is 1. The van der Waals surface area contributed by atoms with Crippen molar-refractivity contribution in [1.82, 2.24) is 10.2 Å². The summed E-state index contributed by atoms with van der Waals surface area (Å²) in [5.74, 6) is -0.432. The summed E-state index contributed by atoms with van der Waals surface area (Å²) in [6.07, 6.45) is -0.683. The molecule has 0 bridgehead atoms. The van der Waals surface area contributed by atoms with Crippen LogP contribution in [0, 0.1) is 5.82 Å². The van der Waals surface area contributed by atoms with Gasteiger partial charge in [-0.05, 0) is 26.0 Å². The third-order valence-electron chi connectivity index (χ3n) is 3.27. The normalized spacial score (nSPS) is 19.9. The Bertz CT molecular complexity index is 459. The van der Waals surface area contributed by atoms with Crippen LogP contribution >= 0.6 is 12.4 Å². The monoisotopic (exact) mass is 302 g/mol. The molecule has 0 saturated carbocycles. The maximum Gasteiger partial charge on any atom is 0.263 e. The zero-order chi connectivity index (χ0) is 13.8. The first-order valence-electron chi connectivity index (χ1n) is 6.52. The second-order valence-corrected chi connectivity index (χ2v) is 4.78. The molecule has 2 rings (SSSR count). The summed E-state index contributed by atoms with van der Waals surface area (Å²) < 4.78 is 18.9. The zero-order valence-electron chi connectivity index (χ0n) is 11.6. The van der Waals surface area contributed by atoms with Crippen LogP contribution in [0.2, 0.25) is 0 Å². The van der Waals surface area contributed by atoms with Crippen LogP contribution in [0.3, 0.4) is 0 Å². The molecule has 1 fully saturated rings. The van der Waals surface area contributed by atoms with Crippen molar-refractivity contribution in [3.8, 4) is 5.75 Å². The highest BCUT2D eigenvalue weighted by Crippen LogP contribution is 2.18. The average molecular weight is 303 g/mol. The smallest absolute Gasteiger partial charge is 0.263 e. The molecule has 1 unspecified atom stereocenters. The van der Waals surface area contributed by atoms with Crippen LogP contribution in [-0.2, 0) is 4.79 Å². The topological polar surface area (TPSA) is 41.6 Å². The molecule has 1 aromatic carbocycles. The van der Waals surface area contributed by atoms with Gasteiger partial charge < -0.3 is 15.0 Å². The molecule has 6 heteroatoms. The van der Waals surface area contributed by atoms with Crippen molar-refractivity contribution >= 4 is 18.3 Å². The first-order chi connectivity index (χ1) is 9.09. The average Bonchev–Trinajstić information content (AvgIpc) is 2.41. The Balaban J connectivity index is 0.00000200. The van der Waals surface area contributed by atoms with E-state index in [4.69, 9.17) is 4.74 Å². The van der Waals surface area contributed by atoms with Crippen molar-refractivity contribution in [2.45, 2.75) is 26.0 Å². The van der Waals surface area contributed by atoms with Gasteiger partial charge >= 0.3 is 0 Å². The van der Waals surface area contributed by atoms with E-state index in [0.29, 0.717) is 6.54 Å². The number of nitrogens with one attached hydrogen (secondary N) is 1. The van der Waals surface area contributed by atoms with E-state index in [1.165, 1.54) is 12.1 Å². The molecular formula is C14H20ClFN2O2. The molecule has 1 heterocycles. The van der Waals surface area contributed by atoms with Crippen LogP contribution in [0.15, 0.2) is 24.3 Å². The van der Waals surface area contributed by atoms with Crippen molar-refractivity contribution < 1.29 is 13.9 Å². The number of nitrogens with zero attached hydrogens (tertiary/aromatic N) is 1. The van der Waals surface area contributed by atoms with E-state index in [1.54, 1.807) is 24.0 Å². The van der Waals surface area contributed by atoms with Crippen molar-refractivity contribution in [2.24, 2.45) is 0 Å². The van der Waals surface area contributed by atoms with Gasteiger partial charge in [0, 0.05) is 25.7 Å². The predicted molar refractivity (Wildman–Crippen MR) is 77.8 cm³/mol. The fraction of sp³-hybridized carbons (Fsp3) is 0.500. The van der Waals surface area contributed by atoms with Gasteiger partial charge in [0.05, 0.1) is 0 Å². The quantitative estimate of drug-likeness (QED) is 0.926. The predicted octanol–water partition coefficient (Wildman–Crippen LogP) is 1.84. The third kappa shape index (κ3) is 3.84. The Labute approximate surface area is 124 Å². The molecule has 0 radical (unpaired) electrons. The fourth-order valence-corrected chi connectivity index (χ4v) is 2.18. The van der Waals surface area contributed by atoms with Gasteiger partial charge in [0.15, 0.2) is 17.7 Å². The molecule has 2 atom stereocenters. The van der Waals surface area contributed by atoms with E-state index < -0.39 is 11.9 Å². The van der Waals surface area contributed by atoms with Crippen LogP contribution in [0.4, 0.5) is 4.39 Å². The number of carbonyl (C=O) groups excluding carboxylic acids is 1. The van der Waals surface area contributed by atoms with E-state index >= 15 is 0 Å². The standard InChI is InChI=1S/C14H19FN2O2.ClH/c1-10-9-16-7-8-17(10)14(18)11(2)19-13-6-4-3-5-12(13)15;/h3-6,10-11,16H,7-9H2,1-2H3;1H/t10-,11?;/m0./s1. The van der Waals surface area contributed by atoms with E-state index in [0.717, 1.165) is 13.1 Å². The Hall–Kier alpha value is -1.33. The maximum atomic E-state index is 13.5. The fourth-order valence-electron chi connectivity index (χ4n) is 2.18. The number of hydrogen-bond donors (Lipinski definition) is 1. The first-order valence-corrected chi connectivity index (χ1v) is 6.52. The van der Waals surface area contributed by atoms with E-state index in [2.05, 4.69) is 5.32 Å². The highest BCUT2D eigenvalue weighted by molar-refractivity contribution is 5.85. The Morgan fingerprint density at radius 1 is 1.50 bits per heavy atom. The highest BCUT2D eigenvalue weighted by atomic mass is 35.5. The number of amides is 1. The van der Waals surface area contributed by atoms with Gasteiger partial charge in [0.25, 0.3) is 5.91 Å². The molecule has 1 aromatic rings. The van der Waals surface area contributed by atoms with Crippen LogP contribution < -0.4 is 10.1 Å². The Kier molecular flexibility index (Phi) is 6.23. The van der Waals surface area contributed by atoms with Crippen LogP contribution in [0.1, 0.15) is 13.8 Å². The molecule has 1 aliphatic heterocycles. The van der Waals surface area contributed by atoms with E-state index in [1.807, 2.05) is 6.92 Å². The van der Waals surface area contributed by atoms with Crippen molar-refractivity contribution in [1.29, 1.82) is 0 Å². The summed E-state index contributed by atoms with van der Waals surface area (Å²) in [5.41, 5.74) is 0. The molecule has 1 amide bonds. The number of carbonyl (C=O) groups is 1.